The SMILES string of the molecule is CC(C)(C)Oc1cc(Cl)nc(-c2ccccc2)n1.CC(C)(C)Oc1cc(N2CCCC2)nc(Nc2ccc(F)cc2)n1.CC(C)(C)Oc1nccc2cc(Cl)ccc12.CC(C)Oc1cc(C(F)(F)F)c2ccccc2n1.CC(C)Oc1ccc2ccccc2n1.CCOc1cc(OC(C)(C)C)c2cccc(Cl)c2n1.COc1ccc2c(OC(C)(C)C)nccc2c1Cl.COc1ccc2c(OC(C)(C)C)ncnc2c1. The Hall–Kier alpha value is -13.4. The van der Waals surface area contributed by atoms with E-state index in [0.717, 1.165) is 101 Å². The minimum absolute atomic E-state index is 0.00368. The van der Waals surface area contributed by atoms with Gasteiger partial charge in [-0.2, -0.15) is 28.1 Å². The molecule has 762 valence electrons. The van der Waals surface area contributed by atoms with Gasteiger partial charge in [0.15, 0.2) is 5.82 Å². The van der Waals surface area contributed by atoms with Crippen LogP contribution in [0, 0.1) is 5.82 Å². The van der Waals surface area contributed by atoms with Gasteiger partial charge in [0.1, 0.15) is 74.0 Å². The molecule has 1 N–H and O–H groups in total. The van der Waals surface area contributed by atoms with Crippen molar-refractivity contribution in [3.05, 3.63) is 269 Å². The number of anilines is 3. The molecule has 0 amide bonds. The molecule has 0 atom stereocenters. The third kappa shape index (κ3) is 36.2. The van der Waals surface area contributed by atoms with Gasteiger partial charge in [-0.1, -0.05) is 119 Å². The summed E-state index contributed by atoms with van der Waals surface area (Å²) >= 11 is 24.4. The van der Waals surface area contributed by atoms with Crippen LogP contribution in [0.4, 0.5) is 35.0 Å². The van der Waals surface area contributed by atoms with Gasteiger partial charge in [0.25, 0.3) is 0 Å². The summed E-state index contributed by atoms with van der Waals surface area (Å²) in [6, 6.07) is 64.7. The molecule has 1 fully saturated rings. The molecular weight excluding hydrogens is 1920 g/mol. The van der Waals surface area contributed by atoms with Gasteiger partial charge in [0.05, 0.1) is 76.1 Å². The molecule has 0 aliphatic carbocycles. The maximum Gasteiger partial charge on any atom is 0.417 e. The van der Waals surface area contributed by atoms with Crippen LogP contribution in [0.1, 0.15) is 178 Å². The molecular formula is C112H127Cl4F4N13O11. The largest absolute Gasteiger partial charge is 0.497 e. The Kier molecular flexibility index (Phi) is 39.2. The van der Waals surface area contributed by atoms with Gasteiger partial charge in [-0.3, -0.25) is 0 Å². The number of alkyl halides is 3. The zero-order valence-electron chi connectivity index (χ0n) is 86.1. The van der Waals surface area contributed by atoms with Gasteiger partial charge in [-0.05, 0) is 287 Å². The quantitative estimate of drug-likeness (QED) is 0.0618. The molecule has 0 saturated carbocycles. The van der Waals surface area contributed by atoms with Crippen molar-refractivity contribution in [1.82, 2.24) is 54.8 Å². The summed E-state index contributed by atoms with van der Waals surface area (Å²) in [5, 5.41) is 12.2. The van der Waals surface area contributed by atoms with Crippen LogP contribution in [0.3, 0.4) is 0 Å². The fourth-order valence-electron chi connectivity index (χ4n) is 13.6. The zero-order valence-corrected chi connectivity index (χ0v) is 89.1. The Bertz CT molecular complexity index is 6920. The van der Waals surface area contributed by atoms with Crippen LogP contribution in [0.5, 0.6) is 64.3 Å². The number of nitrogens with zero attached hydrogens (tertiary/aromatic N) is 12. The van der Waals surface area contributed by atoms with Crippen LogP contribution < -0.4 is 62.3 Å². The highest BCUT2D eigenvalue weighted by atomic mass is 35.5. The summed E-state index contributed by atoms with van der Waals surface area (Å²) in [6.07, 6.45) is 2.79. The lowest BCUT2D eigenvalue weighted by Crippen LogP contribution is -2.25. The van der Waals surface area contributed by atoms with Gasteiger partial charge >= 0.3 is 6.18 Å². The van der Waals surface area contributed by atoms with Crippen molar-refractivity contribution < 1.29 is 69.7 Å². The number of benzene rings is 8. The highest BCUT2D eigenvalue weighted by molar-refractivity contribution is 6.37. The lowest BCUT2D eigenvalue weighted by Gasteiger charge is -2.23. The standard InChI is InChI=1S/C18H23FN4O.C15H18ClNO2.C14H15ClN2O.C14H16ClNO2.C13H14ClNO.C13H12F3NO.C13H16N2O2.C12H13NO/c1-18(2,3)24-16-12-15(23-10-4-5-11-23)21-17(22-16)20-14-8-6-13(19)7-9-14;1-5-18-13-9-12(19-15(2,3)4)10-7-6-8-11(16)14(10)17-13;1-14(2,3)18-12-9-11(15)16-13(17-12)10-7-5-4-6-8-10;1-14(2,3)18-13-10-5-6-11(17-4)12(15)9(10)7-8-16-13;1-13(2,3)16-12-11-5-4-10(14)8-9(11)6-7-15-12;1-8(2)18-12-7-10(13(14,15)16)9-5-3-4-6-11(9)17-12;1-13(2,3)17-12-10-6-5-9(16-4)7-11(10)14-8-15-12;1-9(2)14-12-8-7-10-5-3-4-6-11(10)13-12/h6-9,12H,4-5,10-11H2,1-3H3,(H,20,21,22);6-9H,5H2,1-4H3;4-9H,1-3H3;5-8H,1-4H3;4-8H,1-3H3;3-8H,1-2H3;5-8H,1-4H3;3-9H,1-2H3. The van der Waals surface area contributed by atoms with Crippen molar-refractivity contribution in [2.75, 3.05) is 44.1 Å². The normalized spacial score (nSPS) is 12.1. The number of fused-ring (bicyclic) bond motifs is 6. The number of ether oxygens (including phenoxy) is 11. The molecule has 1 aliphatic heterocycles. The van der Waals surface area contributed by atoms with E-state index in [2.05, 4.69) is 65.0 Å². The molecule has 1 saturated heterocycles. The molecule has 0 spiro atoms. The maximum absolute atomic E-state index is 13.1. The van der Waals surface area contributed by atoms with E-state index in [0.29, 0.717) is 86.0 Å². The lowest BCUT2D eigenvalue weighted by molar-refractivity contribution is -0.136. The summed E-state index contributed by atoms with van der Waals surface area (Å²) in [5.74, 6) is 7.85. The van der Waals surface area contributed by atoms with E-state index < -0.39 is 11.7 Å². The van der Waals surface area contributed by atoms with E-state index in [4.69, 9.17) is 98.5 Å². The summed E-state index contributed by atoms with van der Waals surface area (Å²) in [7, 11) is 3.23. The fourth-order valence-corrected chi connectivity index (χ4v) is 14.5. The number of hydrogen-bond donors (Lipinski definition) is 1. The van der Waals surface area contributed by atoms with Gasteiger partial charge in [-0.15, -0.1) is 0 Å². The van der Waals surface area contributed by atoms with E-state index >= 15 is 0 Å². The molecule has 8 aromatic heterocycles. The van der Waals surface area contributed by atoms with Crippen LogP contribution in [-0.2, 0) is 6.18 Å². The molecule has 8 aromatic carbocycles. The third-order valence-corrected chi connectivity index (χ3v) is 20.3. The molecule has 17 rings (SSSR count). The average Bonchev–Trinajstić information content (AvgIpc) is 0.860. The molecule has 0 bridgehead atoms. The first-order chi connectivity index (χ1) is 67.7. The van der Waals surface area contributed by atoms with Crippen LogP contribution in [0.25, 0.3) is 76.5 Å². The number of aromatic nitrogens is 11. The molecule has 9 heterocycles. The number of halogens is 8. The Morgan fingerprint density at radius 1 is 0.403 bits per heavy atom. The van der Waals surface area contributed by atoms with Crippen molar-refractivity contribution in [2.45, 2.75) is 224 Å². The second-order valence-corrected chi connectivity index (χ2v) is 40.9. The van der Waals surface area contributed by atoms with E-state index in [1.54, 1.807) is 70.8 Å². The minimum atomic E-state index is -4.42. The number of methoxy groups -OCH3 is 2. The second-order valence-electron chi connectivity index (χ2n) is 39.3. The first kappa shape index (κ1) is 113. The lowest BCUT2D eigenvalue weighted by atomic mass is 10.1. The first-order valence-corrected chi connectivity index (χ1v) is 48.5. The Balaban J connectivity index is 0.000000170. The topological polar surface area (TPSA) is 259 Å². The molecule has 24 nitrogen and oxygen atoms in total. The number of hydrogen-bond acceptors (Lipinski definition) is 24. The molecule has 0 unspecified atom stereocenters. The molecule has 1 aliphatic rings. The number of para-hydroxylation sites is 3. The van der Waals surface area contributed by atoms with Gasteiger partial charge < -0.3 is 62.3 Å². The van der Waals surface area contributed by atoms with Crippen LogP contribution in [0.2, 0.25) is 20.2 Å². The van der Waals surface area contributed by atoms with Crippen molar-refractivity contribution in [1.29, 1.82) is 0 Å². The highest BCUT2D eigenvalue weighted by Crippen LogP contribution is 2.41. The Morgan fingerprint density at radius 2 is 0.965 bits per heavy atom. The minimum Gasteiger partial charge on any atom is -0.497 e. The van der Waals surface area contributed by atoms with E-state index in [9.17, 15) is 17.6 Å². The smallest absolute Gasteiger partial charge is 0.417 e. The predicted octanol–water partition coefficient (Wildman–Crippen LogP) is 30.6. The average molecular weight is 2050 g/mol. The summed E-state index contributed by atoms with van der Waals surface area (Å²) < 4.78 is 114. The Labute approximate surface area is 860 Å². The van der Waals surface area contributed by atoms with Crippen LogP contribution in [0.15, 0.2) is 237 Å². The van der Waals surface area contributed by atoms with Crippen molar-refractivity contribution in [3.63, 3.8) is 0 Å². The van der Waals surface area contributed by atoms with E-state index in [-0.39, 0.29) is 68.4 Å². The second kappa shape index (κ2) is 50.2. The van der Waals surface area contributed by atoms with Gasteiger partial charge in [0.2, 0.25) is 53.0 Å². The number of nitrogens with one attached hydrogen (secondary N) is 1. The zero-order chi connectivity index (χ0) is 105. The molecule has 32 heteroatoms. The summed E-state index contributed by atoms with van der Waals surface area (Å²) in [5.41, 5.74) is 1.94. The van der Waals surface area contributed by atoms with Crippen molar-refractivity contribution in [2.24, 2.45) is 0 Å². The van der Waals surface area contributed by atoms with Crippen LogP contribution >= 0.6 is 46.4 Å². The number of pyridine rings is 5. The van der Waals surface area contributed by atoms with Gasteiger partial charge in [0, 0.05) is 110 Å². The third-order valence-electron chi connectivity index (χ3n) is 19.2. The highest BCUT2D eigenvalue weighted by Gasteiger charge is 2.34. The fraction of sp³-hybridized carbons (Fsp3) is 0.348. The first-order valence-electron chi connectivity index (χ1n) is 47.0. The van der Waals surface area contributed by atoms with Crippen LogP contribution in [-0.4, -0.2) is 135 Å². The molecule has 0 radical (unpaired) electrons. The predicted molar refractivity (Wildman–Crippen MR) is 572 cm³/mol. The van der Waals surface area contributed by atoms with Crippen molar-refractivity contribution >= 4 is 129 Å². The van der Waals surface area contributed by atoms with Crippen molar-refractivity contribution in [3.8, 4) is 75.7 Å². The Morgan fingerprint density at radius 3 is 1.58 bits per heavy atom. The maximum atomic E-state index is 13.1. The number of rotatable bonds is 18. The molecule has 144 heavy (non-hydrogen) atoms. The molecule has 16 aromatic rings. The van der Waals surface area contributed by atoms with Gasteiger partial charge in [-0.25, -0.2) is 44.3 Å². The summed E-state index contributed by atoms with van der Waals surface area (Å²) in [6.45, 7) is 47.7. The van der Waals surface area contributed by atoms with E-state index in [1.165, 1.54) is 43.4 Å². The monoisotopic (exact) mass is 2050 g/mol. The van der Waals surface area contributed by atoms with E-state index in [1.807, 2.05) is 303 Å². The summed E-state index contributed by atoms with van der Waals surface area (Å²) in [4.78, 5) is 49.6.